The van der Waals surface area contributed by atoms with Gasteiger partial charge in [-0.05, 0) is 54.3 Å². The molecule has 1 N–H and O–H groups in total. The molecule has 1 amide bonds. The number of amides is 1. The maximum Gasteiger partial charge on any atom is 0.495 e. The summed E-state index contributed by atoms with van der Waals surface area (Å²) in [4.78, 5) is 44.3. The van der Waals surface area contributed by atoms with Gasteiger partial charge in [0.2, 0.25) is 5.52 Å². The predicted molar refractivity (Wildman–Crippen MR) is 113 cm³/mol. The van der Waals surface area contributed by atoms with Gasteiger partial charge in [0.05, 0.1) is 15.7 Å². The predicted octanol–water partition coefficient (Wildman–Crippen LogP) is 4.11. The minimum atomic E-state index is -5.24. The zero-order valence-corrected chi connectivity index (χ0v) is 19.3. The van der Waals surface area contributed by atoms with Crippen molar-refractivity contribution in [2.75, 3.05) is 13.1 Å². The number of piperidine rings is 1. The molecule has 1 aromatic carbocycles. The number of fused-ring (bicyclic) bond motifs is 1. The first-order chi connectivity index (χ1) is 16.8. The van der Waals surface area contributed by atoms with E-state index in [9.17, 15) is 40.7 Å². The Hall–Kier alpha value is -3.42. The zero-order chi connectivity index (χ0) is 26.4. The Morgan fingerprint density at radius 1 is 1.06 bits per heavy atom. The standard InChI is InChI=1S/C22H17F6N3O4S/c1-11-4-5-13-14(9-11)31(35-20(34)22(26,27)28)18(29-13)12-3-2-8-30(10-12)19(33)16-7-6-15(36-16)17(32)21(23,24)25/h4-7,9,12H,2-3,8,10H2,1H3/p+1. The number of aryl methyl sites for hydroxylation is 1. The topological polar surface area (TPSA) is 83.3 Å². The van der Waals surface area contributed by atoms with Gasteiger partial charge in [0.15, 0.2) is 5.52 Å². The molecule has 1 aliphatic rings. The van der Waals surface area contributed by atoms with Crippen LogP contribution in [0.1, 0.15) is 49.5 Å². The number of imidazole rings is 1. The third-order valence-corrected chi connectivity index (χ3v) is 6.72. The largest absolute Gasteiger partial charge is 0.495 e. The Morgan fingerprint density at radius 3 is 2.42 bits per heavy atom. The molecule has 1 saturated heterocycles. The molecule has 0 bridgehead atoms. The number of Topliss-reactive ketones (excluding diaryl/α,β-unsaturated/α-hetero) is 1. The van der Waals surface area contributed by atoms with Gasteiger partial charge in [-0.3, -0.25) is 9.59 Å². The SMILES string of the molecule is Cc1ccc2[nH]c(C3CCCN(C(=O)c4ccc(C(=O)C(F)(F)F)s4)C3)[n+](OC(=O)C(F)(F)F)c2c1. The molecule has 0 saturated carbocycles. The van der Waals surface area contributed by atoms with E-state index in [4.69, 9.17) is 0 Å². The van der Waals surface area contributed by atoms with Gasteiger partial charge in [0.1, 0.15) is 0 Å². The molecule has 0 radical (unpaired) electrons. The summed E-state index contributed by atoms with van der Waals surface area (Å²) in [6.45, 7) is 1.95. The fraction of sp³-hybridized carbons (Fsp3) is 0.364. The monoisotopic (exact) mass is 534 g/mol. The highest BCUT2D eigenvalue weighted by Gasteiger charge is 2.45. The van der Waals surface area contributed by atoms with Gasteiger partial charge in [-0.1, -0.05) is 6.07 Å². The molecule has 192 valence electrons. The summed E-state index contributed by atoms with van der Waals surface area (Å²) in [5, 5.41) is 0. The lowest BCUT2D eigenvalue weighted by Gasteiger charge is -2.30. The average Bonchev–Trinajstić information content (AvgIpc) is 3.42. The van der Waals surface area contributed by atoms with Crippen molar-refractivity contribution in [1.82, 2.24) is 9.88 Å². The summed E-state index contributed by atoms with van der Waals surface area (Å²) < 4.78 is 77.7. The number of carbonyl (C=O) groups is 3. The van der Waals surface area contributed by atoms with E-state index >= 15 is 0 Å². The molecule has 1 aliphatic heterocycles. The first-order valence-corrected chi connectivity index (χ1v) is 11.4. The van der Waals surface area contributed by atoms with E-state index in [0.717, 1.165) is 16.9 Å². The number of likely N-dealkylation sites (tertiary alicyclic amines) is 1. The number of nitrogens with one attached hydrogen (secondary N) is 1. The Morgan fingerprint density at radius 2 is 1.75 bits per heavy atom. The number of alkyl halides is 6. The molecule has 1 atom stereocenters. The fourth-order valence-corrected chi connectivity index (χ4v) is 4.92. The third kappa shape index (κ3) is 5.08. The molecular formula is C22H18F6N3O4S+. The molecular weight excluding hydrogens is 516 g/mol. The van der Waals surface area contributed by atoms with Gasteiger partial charge in [-0.15, -0.1) is 11.3 Å². The highest BCUT2D eigenvalue weighted by atomic mass is 32.1. The fourth-order valence-electron chi connectivity index (χ4n) is 3.99. The van der Waals surface area contributed by atoms with Crippen LogP contribution in [-0.2, 0) is 4.79 Å². The second-order valence-corrected chi connectivity index (χ2v) is 9.37. The number of H-pyrrole nitrogens is 1. The minimum absolute atomic E-state index is 0.00530. The van der Waals surface area contributed by atoms with E-state index in [2.05, 4.69) is 9.82 Å². The first-order valence-electron chi connectivity index (χ1n) is 10.6. The number of carbonyl (C=O) groups excluding carboxylic acids is 3. The maximum atomic E-state index is 13.0. The number of hydrogen-bond acceptors (Lipinski definition) is 5. The van der Waals surface area contributed by atoms with Gasteiger partial charge in [0, 0.05) is 13.1 Å². The van der Waals surface area contributed by atoms with Crippen LogP contribution in [-0.4, -0.2) is 53.0 Å². The van der Waals surface area contributed by atoms with Crippen LogP contribution in [0, 0.1) is 6.92 Å². The van der Waals surface area contributed by atoms with Crippen LogP contribution < -0.4 is 9.57 Å². The van der Waals surface area contributed by atoms with Crippen LogP contribution in [0.4, 0.5) is 26.3 Å². The van der Waals surface area contributed by atoms with Crippen LogP contribution in [0.5, 0.6) is 0 Å². The van der Waals surface area contributed by atoms with Crippen molar-refractivity contribution in [3.8, 4) is 0 Å². The summed E-state index contributed by atoms with van der Waals surface area (Å²) in [5.74, 6) is -5.53. The number of thiophene rings is 1. The van der Waals surface area contributed by atoms with Gasteiger partial charge in [0.25, 0.3) is 11.7 Å². The quantitative estimate of drug-likeness (QED) is 0.310. The van der Waals surface area contributed by atoms with Crippen molar-refractivity contribution in [3.05, 3.63) is 51.5 Å². The molecule has 0 aliphatic carbocycles. The number of hydrogen-bond donors (Lipinski definition) is 1. The van der Waals surface area contributed by atoms with Crippen LogP contribution in [0.15, 0.2) is 30.3 Å². The third-order valence-electron chi connectivity index (χ3n) is 5.65. The number of ketones is 1. The van der Waals surface area contributed by atoms with Gasteiger partial charge >= 0.3 is 24.1 Å². The lowest BCUT2D eigenvalue weighted by atomic mass is 9.97. The zero-order valence-electron chi connectivity index (χ0n) is 18.5. The van der Waals surface area contributed by atoms with Crippen LogP contribution in [0.25, 0.3) is 11.0 Å². The van der Waals surface area contributed by atoms with Crippen molar-refractivity contribution in [2.45, 2.75) is 38.0 Å². The number of benzene rings is 1. The smallest absolute Gasteiger partial charge is 0.337 e. The van der Waals surface area contributed by atoms with Gasteiger partial charge in [-0.2, -0.15) is 26.3 Å². The lowest BCUT2D eigenvalue weighted by molar-refractivity contribution is -0.856. The molecule has 1 unspecified atom stereocenters. The van der Waals surface area contributed by atoms with Gasteiger partial charge in [-0.25, -0.2) is 14.6 Å². The molecule has 36 heavy (non-hydrogen) atoms. The van der Waals surface area contributed by atoms with Crippen LogP contribution >= 0.6 is 11.3 Å². The molecule has 3 aromatic rings. The van der Waals surface area contributed by atoms with E-state index in [1.807, 2.05) is 0 Å². The van der Waals surface area contributed by atoms with Crippen molar-refractivity contribution in [1.29, 1.82) is 0 Å². The first kappa shape index (κ1) is 25.7. The highest BCUT2D eigenvalue weighted by molar-refractivity contribution is 7.16. The number of nitrogens with zero attached hydrogens (tertiary/aromatic N) is 2. The van der Waals surface area contributed by atoms with E-state index < -0.39 is 40.8 Å². The highest BCUT2D eigenvalue weighted by Crippen LogP contribution is 2.30. The summed E-state index contributed by atoms with van der Waals surface area (Å²) >= 11 is 0.418. The van der Waals surface area contributed by atoms with Crippen molar-refractivity contribution >= 4 is 40.0 Å². The Labute approximate surface area is 203 Å². The van der Waals surface area contributed by atoms with Crippen LogP contribution in [0.3, 0.4) is 0 Å². The van der Waals surface area contributed by atoms with E-state index in [0.29, 0.717) is 35.3 Å². The normalized spacial score (nSPS) is 16.9. The minimum Gasteiger partial charge on any atom is -0.337 e. The lowest BCUT2D eigenvalue weighted by Crippen LogP contribution is -2.54. The summed E-state index contributed by atoms with van der Waals surface area (Å²) in [6.07, 6.45) is -9.45. The van der Waals surface area contributed by atoms with E-state index in [-0.39, 0.29) is 29.3 Å². The number of halogens is 6. The molecule has 2 aromatic heterocycles. The summed E-state index contributed by atoms with van der Waals surface area (Å²) in [6, 6.07) is 6.93. The molecule has 4 rings (SSSR count). The Bertz CT molecular complexity index is 1340. The van der Waals surface area contributed by atoms with E-state index in [1.54, 1.807) is 19.1 Å². The summed E-state index contributed by atoms with van der Waals surface area (Å²) in [7, 11) is 0. The second kappa shape index (κ2) is 9.22. The number of aromatic amines is 1. The van der Waals surface area contributed by atoms with E-state index in [1.165, 1.54) is 11.0 Å². The van der Waals surface area contributed by atoms with Crippen molar-refractivity contribution in [3.63, 3.8) is 0 Å². The molecule has 7 nitrogen and oxygen atoms in total. The van der Waals surface area contributed by atoms with Crippen LogP contribution in [0.2, 0.25) is 0 Å². The number of aromatic nitrogens is 2. The number of rotatable bonds is 4. The van der Waals surface area contributed by atoms with Crippen molar-refractivity contribution < 1.29 is 50.3 Å². The Kier molecular flexibility index (Phi) is 6.58. The van der Waals surface area contributed by atoms with Gasteiger partial charge < -0.3 is 4.90 Å². The molecule has 0 spiro atoms. The second-order valence-electron chi connectivity index (χ2n) is 8.28. The molecule has 3 heterocycles. The molecule has 1 fully saturated rings. The van der Waals surface area contributed by atoms with Crippen molar-refractivity contribution in [2.24, 2.45) is 0 Å². The average molecular weight is 534 g/mol. The Balaban J connectivity index is 1.62. The maximum absolute atomic E-state index is 13.0. The molecule has 14 heteroatoms. The summed E-state index contributed by atoms with van der Waals surface area (Å²) in [5.41, 5.74) is 1.30.